The first-order valence-corrected chi connectivity index (χ1v) is 13.0. The van der Waals surface area contributed by atoms with Crippen molar-refractivity contribution >= 4 is 58.9 Å². The quantitative estimate of drug-likeness (QED) is 0.0962. The number of amides is 2. The minimum Gasteiger partial charge on any atom is -0.506 e. The topological polar surface area (TPSA) is 254 Å². The van der Waals surface area contributed by atoms with Gasteiger partial charge in [-0.25, -0.2) is 4.79 Å². The predicted molar refractivity (Wildman–Crippen MR) is 135 cm³/mol. The van der Waals surface area contributed by atoms with Crippen molar-refractivity contribution in [2.75, 3.05) is 29.9 Å². The Morgan fingerprint density at radius 2 is 1.92 bits per heavy atom. The Labute approximate surface area is 219 Å². The molecule has 1 aliphatic rings. The van der Waals surface area contributed by atoms with E-state index in [0.29, 0.717) is 21.8 Å². The van der Waals surface area contributed by atoms with Gasteiger partial charge in [0.1, 0.15) is 30.4 Å². The molecule has 0 spiro atoms. The van der Waals surface area contributed by atoms with Crippen LogP contribution in [0.2, 0.25) is 0 Å². The number of hydrogen-bond acceptors (Lipinski definition) is 11. The van der Waals surface area contributed by atoms with Crippen molar-refractivity contribution < 1.29 is 44.4 Å². The van der Waals surface area contributed by atoms with Crippen molar-refractivity contribution in [1.29, 1.82) is 0 Å². The van der Waals surface area contributed by atoms with Crippen LogP contribution in [0.1, 0.15) is 18.4 Å². The van der Waals surface area contributed by atoms with E-state index in [2.05, 4.69) is 16.0 Å². The number of carboxylic acids is 3. The van der Waals surface area contributed by atoms with Crippen molar-refractivity contribution in [2.24, 2.45) is 11.5 Å². The highest BCUT2D eigenvalue weighted by atomic mass is 32.2. The van der Waals surface area contributed by atoms with Crippen LogP contribution in [-0.4, -0.2) is 92.9 Å². The van der Waals surface area contributed by atoms with Crippen LogP contribution >= 0.6 is 23.5 Å². The van der Waals surface area contributed by atoms with Gasteiger partial charge in [-0.3, -0.25) is 19.2 Å². The number of rotatable bonds is 14. The smallest absolute Gasteiger partial charge is 0.327 e. The second-order valence-corrected chi connectivity index (χ2v) is 10.1. The van der Waals surface area contributed by atoms with Crippen LogP contribution in [-0.2, 0) is 30.4 Å². The Hall–Kier alpha value is -3.21. The van der Waals surface area contributed by atoms with E-state index in [0.717, 1.165) is 11.8 Å². The lowest BCUT2D eigenvalue weighted by Gasteiger charge is -2.28. The molecule has 2 amide bonds. The monoisotopic (exact) mass is 559 g/mol. The van der Waals surface area contributed by atoms with Crippen LogP contribution in [0.4, 0.5) is 5.69 Å². The fourth-order valence-corrected chi connectivity index (χ4v) is 5.91. The number of carbonyl (C=O) groups is 5. The van der Waals surface area contributed by atoms with Gasteiger partial charge >= 0.3 is 17.9 Å². The molecule has 204 valence electrons. The molecule has 37 heavy (non-hydrogen) atoms. The molecular weight excluding hydrogens is 530 g/mol. The molecule has 0 aliphatic carbocycles. The molecule has 16 heteroatoms. The molecule has 0 unspecified atom stereocenters. The number of fused-ring (bicyclic) bond motifs is 1. The number of nitrogens with two attached hydrogens (primary N) is 2. The van der Waals surface area contributed by atoms with Crippen LogP contribution in [0.3, 0.4) is 0 Å². The van der Waals surface area contributed by atoms with Gasteiger partial charge in [-0.1, -0.05) is 0 Å². The number of hydrogen-bond donors (Lipinski definition) is 9. The SMILES string of the molecule is NCCc1cc(O)c2c(c1SC[C@H](NC(=O)CC[C@H](N)C(=O)O)C(=O)NCC(=O)O)SC[C@@H](C(=O)O)N2. The molecule has 0 bridgehead atoms. The Kier molecular flexibility index (Phi) is 11.3. The molecule has 1 aliphatic heterocycles. The zero-order valence-electron chi connectivity index (χ0n) is 19.6. The van der Waals surface area contributed by atoms with E-state index in [-0.39, 0.29) is 42.3 Å². The maximum atomic E-state index is 12.7. The molecule has 0 aromatic heterocycles. The number of carbonyl (C=O) groups excluding carboxylic acids is 2. The molecule has 0 saturated carbocycles. The van der Waals surface area contributed by atoms with Crippen molar-refractivity contribution in [3.63, 3.8) is 0 Å². The van der Waals surface area contributed by atoms with Crippen molar-refractivity contribution in [1.82, 2.24) is 10.6 Å². The second-order valence-electron chi connectivity index (χ2n) is 8.00. The Balaban J connectivity index is 2.28. The summed E-state index contributed by atoms with van der Waals surface area (Å²) in [7, 11) is 0. The van der Waals surface area contributed by atoms with Crippen molar-refractivity contribution in [2.45, 2.75) is 47.2 Å². The van der Waals surface area contributed by atoms with Crippen LogP contribution in [0.5, 0.6) is 5.75 Å². The first kappa shape index (κ1) is 30.0. The first-order chi connectivity index (χ1) is 17.4. The number of anilines is 1. The normalized spacial score (nSPS) is 16.0. The molecular formula is C21H29N5O9S2. The summed E-state index contributed by atoms with van der Waals surface area (Å²) in [6, 6.07) is -1.92. The number of thioether (sulfide) groups is 2. The lowest BCUT2D eigenvalue weighted by molar-refractivity contribution is -0.139. The van der Waals surface area contributed by atoms with Gasteiger partial charge in [0.05, 0.1) is 5.69 Å². The van der Waals surface area contributed by atoms with E-state index in [1.807, 2.05) is 0 Å². The number of phenols is 1. The van der Waals surface area contributed by atoms with Gasteiger partial charge in [-0.05, 0) is 31.0 Å². The van der Waals surface area contributed by atoms with E-state index in [1.54, 1.807) is 0 Å². The third-order valence-corrected chi connectivity index (χ3v) is 7.76. The highest BCUT2D eigenvalue weighted by Gasteiger charge is 2.30. The molecule has 11 N–H and O–H groups in total. The molecule has 0 saturated heterocycles. The third kappa shape index (κ3) is 8.70. The number of aromatic hydroxyl groups is 1. The minimum absolute atomic E-state index is 0.0557. The van der Waals surface area contributed by atoms with Crippen molar-refractivity contribution in [3.05, 3.63) is 11.6 Å². The largest absolute Gasteiger partial charge is 0.506 e. The first-order valence-electron chi connectivity index (χ1n) is 11.1. The van der Waals surface area contributed by atoms with Gasteiger partial charge in [-0.2, -0.15) is 0 Å². The summed E-state index contributed by atoms with van der Waals surface area (Å²) in [4.78, 5) is 59.4. The van der Waals surface area contributed by atoms with E-state index in [4.69, 9.17) is 21.7 Å². The van der Waals surface area contributed by atoms with E-state index >= 15 is 0 Å². The molecule has 3 atom stereocenters. The maximum absolute atomic E-state index is 12.7. The Morgan fingerprint density at radius 1 is 1.22 bits per heavy atom. The fourth-order valence-electron chi connectivity index (χ4n) is 3.28. The van der Waals surface area contributed by atoms with E-state index < -0.39 is 54.4 Å². The standard InChI is InChI=1S/C21H29N5O9S2/c22-4-3-9-5-13(27)16-18(37-8-12(26-16)21(34)35)17(9)36-7-11(19(31)24-6-15(29)30)25-14(28)2-1-10(23)20(32)33/h5,10-12,26-27H,1-4,6-8,22-23H2,(H,24,31)(H,25,28)(H,29,30)(H,32,33)(H,34,35)/t10-,11-,12-/m0/s1. The number of carboxylic acid groups (broad SMARTS) is 3. The van der Waals surface area contributed by atoms with Gasteiger partial charge in [0, 0.05) is 27.7 Å². The molecule has 1 heterocycles. The maximum Gasteiger partial charge on any atom is 0.327 e. The Bertz CT molecular complexity index is 1060. The lowest BCUT2D eigenvalue weighted by atomic mass is 10.1. The minimum atomic E-state index is -1.29. The number of nitrogens with one attached hydrogen (secondary N) is 3. The summed E-state index contributed by atoms with van der Waals surface area (Å²) in [6.45, 7) is -0.437. The molecule has 0 radical (unpaired) electrons. The van der Waals surface area contributed by atoms with Crippen LogP contribution in [0.15, 0.2) is 15.9 Å². The van der Waals surface area contributed by atoms with Gasteiger partial charge in [-0.15, -0.1) is 23.5 Å². The average molecular weight is 560 g/mol. The zero-order valence-corrected chi connectivity index (χ0v) is 21.2. The summed E-state index contributed by atoms with van der Waals surface area (Å²) in [5.41, 5.74) is 12.0. The van der Waals surface area contributed by atoms with Gasteiger partial charge in [0.25, 0.3) is 0 Å². The van der Waals surface area contributed by atoms with Crippen molar-refractivity contribution in [3.8, 4) is 5.75 Å². The molecule has 2 rings (SSSR count). The highest BCUT2D eigenvalue weighted by Crippen LogP contribution is 2.47. The highest BCUT2D eigenvalue weighted by molar-refractivity contribution is 8.02. The van der Waals surface area contributed by atoms with Crippen LogP contribution in [0, 0.1) is 0 Å². The summed E-state index contributed by atoms with van der Waals surface area (Å²) < 4.78 is 0. The fraction of sp³-hybridized carbons (Fsp3) is 0.476. The van der Waals surface area contributed by atoms with Gasteiger partial charge < -0.3 is 47.8 Å². The lowest BCUT2D eigenvalue weighted by Crippen LogP contribution is -2.49. The summed E-state index contributed by atoms with van der Waals surface area (Å²) in [6.07, 6.45) is -0.0808. The third-order valence-electron chi connectivity index (χ3n) is 5.18. The molecule has 1 aromatic rings. The van der Waals surface area contributed by atoms with Crippen LogP contribution in [0.25, 0.3) is 0 Å². The summed E-state index contributed by atoms with van der Waals surface area (Å²) in [5.74, 6) is -5.10. The summed E-state index contributed by atoms with van der Waals surface area (Å²) >= 11 is 2.35. The summed E-state index contributed by atoms with van der Waals surface area (Å²) in [5, 5.41) is 45.1. The van der Waals surface area contributed by atoms with Crippen LogP contribution < -0.4 is 27.4 Å². The van der Waals surface area contributed by atoms with E-state index in [9.17, 15) is 34.2 Å². The predicted octanol–water partition coefficient (Wildman–Crippen LogP) is -1.17. The second kappa shape index (κ2) is 13.9. The number of aliphatic carboxylic acids is 3. The number of benzene rings is 1. The molecule has 0 fully saturated rings. The Morgan fingerprint density at radius 3 is 2.51 bits per heavy atom. The van der Waals surface area contributed by atoms with E-state index in [1.165, 1.54) is 17.8 Å². The van der Waals surface area contributed by atoms with Gasteiger partial charge in [0.15, 0.2) is 0 Å². The molecule has 1 aromatic carbocycles. The number of phenolic OH excluding ortho intramolecular Hbond substituents is 1. The zero-order chi connectivity index (χ0) is 27.7. The average Bonchev–Trinajstić information content (AvgIpc) is 2.84. The van der Waals surface area contributed by atoms with Gasteiger partial charge in [0.2, 0.25) is 11.8 Å². The molecule has 14 nitrogen and oxygen atoms in total.